The highest BCUT2D eigenvalue weighted by Crippen LogP contribution is 2.36. The monoisotopic (exact) mass is 461 g/mol. The van der Waals surface area contributed by atoms with Crippen molar-refractivity contribution in [3.8, 4) is 11.3 Å². The van der Waals surface area contributed by atoms with Crippen LogP contribution in [0, 0.1) is 11.8 Å². The summed E-state index contributed by atoms with van der Waals surface area (Å²) in [5.74, 6) is 2.45. The summed E-state index contributed by atoms with van der Waals surface area (Å²) >= 11 is 0. The van der Waals surface area contributed by atoms with Gasteiger partial charge in [-0.3, -0.25) is 9.98 Å². The fraction of sp³-hybridized carbons (Fsp3) is 0.538. The molecule has 3 aromatic rings. The Labute approximate surface area is 200 Å². The fourth-order valence-electron chi connectivity index (χ4n) is 5.16. The number of aliphatic hydroxyl groups is 1. The molecule has 8 heteroatoms. The van der Waals surface area contributed by atoms with Gasteiger partial charge >= 0.3 is 0 Å². The summed E-state index contributed by atoms with van der Waals surface area (Å²) < 4.78 is 1.85. The zero-order valence-electron chi connectivity index (χ0n) is 20.8. The molecule has 0 spiro atoms. The molecule has 0 aromatic carbocycles. The molecule has 1 aliphatic carbocycles. The van der Waals surface area contributed by atoms with Crippen LogP contribution in [0.4, 0.5) is 17.5 Å². The van der Waals surface area contributed by atoms with Crippen LogP contribution in [0.25, 0.3) is 16.8 Å². The molecule has 4 heterocycles. The number of rotatable bonds is 7. The summed E-state index contributed by atoms with van der Waals surface area (Å²) in [5.41, 5.74) is 5.48. The Bertz CT molecular complexity index is 1240. The number of nitrogens with one attached hydrogen (secondary N) is 2. The van der Waals surface area contributed by atoms with Crippen LogP contribution >= 0.6 is 0 Å². The first-order valence-electron chi connectivity index (χ1n) is 12.3. The van der Waals surface area contributed by atoms with Crippen LogP contribution in [0.15, 0.2) is 29.4 Å². The van der Waals surface area contributed by atoms with Crippen molar-refractivity contribution in [2.75, 3.05) is 17.7 Å². The highest BCUT2D eigenvalue weighted by Gasteiger charge is 2.38. The smallest absolute Gasteiger partial charge is 0.243 e. The molecule has 1 atom stereocenters. The average molecular weight is 462 g/mol. The third kappa shape index (κ3) is 4.39. The van der Waals surface area contributed by atoms with Gasteiger partial charge in [-0.2, -0.15) is 4.98 Å². The van der Waals surface area contributed by atoms with E-state index < -0.39 is 5.60 Å². The standard InChI is InChI=1S/C26H35N7O/c1-15(2)6-7-17-12-22-21(28-16(17)3)9-8-20(30-22)19-10-11-33-23(19)24(27-5)31-25(32-33)29-18-13-26(4,34)14-18/h8-11,15,17-18,34H,6-7,12-14H2,1-5H3,(H2,27,29,31,32). The molecule has 3 N–H and O–H groups in total. The number of hydrogen-bond donors (Lipinski definition) is 3. The summed E-state index contributed by atoms with van der Waals surface area (Å²) in [6.07, 6.45) is 6.63. The lowest BCUT2D eigenvalue weighted by Gasteiger charge is -2.41. The van der Waals surface area contributed by atoms with Gasteiger partial charge in [-0.25, -0.2) is 4.52 Å². The number of nitrogens with zero attached hydrogens (tertiary/aromatic N) is 5. The number of aromatic nitrogens is 4. The maximum absolute atomic E-state index is 10.0. The van der Waals surface area contributed by atoms with E-state index in [0.717, 1.165) is 46.8 Å². The van der Waals surface area contributed by atoms with Crippen molar-refractivity contribution in [3.05, 3.63) is 30.1 Å². The molecule has 1 saturated carbocycles. The van der Waals surface area contributed by atoms with E-state index in [1.54, 1.807) is 0 Å². The summed E-state index contributed by atoms with van der Waals surface area (Å²) in [6.45, 7) is 8.55. The van der Waals surface area contributed by atoms with Gasteiger partial charge in [0.2, 0.25) is 5.95 Å². The molecule has 3 aromatic heterocycles. The van der Waals surface area contributed by atoms with E-state index in [9.17, 15) is 5.11 Å². The number of anilines is 2. The molecule has 8 nitrogen and oxygen atoms in total. The molecular formula is C26H35N7O. The summed E-state index contributed by atoms with van der Waals surface area (Å²) in [4.78, 5) is 14.6. The molecule has 0 bridgehead atoms. The van der Waals surface area contributed by atoms with Crippen molar-refractivity contribution < 1.29 is 5.11 Å². The van der Waals surface area contributed by atoms with Crippen molar-refractivity contribution >= 4 is 28.7 Å². The Balaban J connectivity index is 1.44. The van der Waals surface area contributed by atoms with E-state index in [0.29, 0.717) is 30.6 Å². The third-order valence-electron chi connectivity index (χ3n) is 7.10. The lowest BCUT2D eigenvalue weighted by molar-refractivity contribution is -0.0236. The van der Waals surface area contributed by atoms with Gasteiger partial charge in [0.1, 0.15) is 5.52 Å². The first kappa shape index (κ1) is 22.8. The average Bonchev–Trinajstić information content (AvgIpc) is 3.19. The van der Waals surface area contributed by atoms with Crippen molar-refractivity contribution in [2.45, 2.75) is 71.4 Å². The van der Waals surface area contributed by atoms with E-state index in [4.69, 9.17) is 15.0 Å². The molecular weight excluding hydrogens is 426 g/mol. The minimum Gasteiger partial charge on any atom is -0.390 e. The maximum Gasteiger partial charge on any atom is 0.243 e. The normalized spacial score (nSPS) is 24.0. The molecule has 180 valence electrons. The molecule has 0 radical (unpaired) electrons. The Morgan fingerprint density at radius 2 is 2.00 bits per heavy atom. The zero-order valence-corrected chi connectivity index (χ0v) is 20.8. The van der Waals surface area contributed by atoms with Crippen LogP contribution in [-0.4, -0.2) is 49.1 Å². The van der Waals surface area contributed by atoms with Gasteiger partial charge in [0, 0.05) is 36.5 Å². The largest absolute Gasteiger partial charge is 0.390 e. The van der Waals surface area contributed by atoms with Crippen molar-refractivity contribution in [2.24, 2.45) is 16.8 Å². The van der Waals surface area contributed by atoms with Gasteiger partial charge in [0.15, 0.2) is 5.82 Å². The second-order valence-corrected chi connectivity index (χ2v) is 10.6. The number of fused-ring (bicyclic) bond motifs is 2. The second-order valence-electron chi connectivity index (χ2n) is 10.6. The minimum absolute atomic E-state index is 0.183. The van der Waals surface area contributed by atoms with Gasteiger partial charge in [-0.1, -0.05) is 20.3 Å². The topological polar surface area (TPSA) is 99.7 Å². The molecule has 1 fully saturated rings. The van der Waals surface area contributed by atoms with Crippen LogP contribution in [0.1, 0.15) is 59.1 Å². The van der Waals surface area contributed by atoms with Crippen molar-refractivity contribution in [1.82, 2.24) is 19.6 Å². The highest BCUT2D eigenvalue weighted by molar-refractivity contribution is 5.90. The van der Waals surface area contributed by atoms with Crippen molar-refractivity contribution in [1.29, 1.82) is 0 Å². The minimum atomic E-state index is -0.595. The Kier molecular flexibility index (Phi) is 5.80. The van der Waals surface area contributed by atoms with Gasteiger partial charge in [-0.15, -0.1) is 5.10 Å². The van der Waals surface area contributed by atoms with Crippen LogP contribution in [0.3, 0.4) is 0 Å². The first-order valence-corrected chi connectivity index (χ1v) is 12.3. The van der Waals surface area contributed by atoms with Crippen LogP contribution < -0.4 is 10.6 Å². The van der Waals surface area contributed by atoms with Crippen LogP contribution in [-0.2, 0) is 6.42 Å². The van der Waals surface area contributed by atoms with Gasteiger partial charge < -0.3 is 15.7 Å². The van der Waals surface area contributed by atoms with Crippen molar-refractivity contribution in [3.63, 3.8) is 0 Å². The molecule has 34 heavy (non-hydrogen) atoms. The number of pyridine rings is 1. The predicted octanol–water partition coefficient (Wildman–Crippen LogP) is 4.86. The molecule has 2 aliphatic rings. The van der Waals surface area contributed by atoms with E-state index in [1.165, 1.54) is 12.1 Å². The van der Waals surface area contributed by atoms with Gasteiger partial charge in [-0.05, 0) is 63.6 Å². The number of hydrogen-bond acceptors (Lipinski definition) is 7. The molecule has 5 rings (SSSR count). The number of aliphatic imine (C=N–C) groups is 1. The highest BCUT2D eigenvalue weighted by atomic mass is 16.3. The maximum atomic E-state index is 10.0. The SMILES string of the molecule is CNc1nc(NC2CC(C)(O)C2)nn2ccc(-c3ccc4c(n3)CC(CCC(C)C)C(C)=N4)c12. The zero-order chi connectivity index (χ0) is 24.0. The van der Waals surface area contributed by atoms with Gasteiger partial charge in [0.25, 0.3) is 0 Å². The molecule has 1 aliphatic heterocycles. The van der Waals surface area contributed by atoms with E-state index in [-0.39, 0.29) is 6.04 Å². The molecule has 0 saturated heterocycles. The lowest BCUT2D eigenvalue weighted by Crippen LogP contribution is -2.48. The van der Waals surface area contributed by atoms with Gasteiger partial charge in [0.05, 0.1) is 22.7 Å². The van der Waals surface area contributed by atoms with Crippen LogP contribution in [0.2, 0.25) is 0 Å². The lowest BCUT2D eigenvalue weighted by atomic mass is 9.77. The Morgan fingerprint density at radius 3 is 2.71 bits per heavy atom. The summed E-state index contributed by atoms with van der Waals surface area (Å²) in [5, 5.41) is 21.3. The fourth-order valence-corrected chi connectivity index (χ4v) is 5.16. The summed E-state index contributed by atoms with van der Waals surface area (Å²) in [6, 6.07) is 6.36. The Hall–Kier alpha value is -3.00. The Morgan fingerprint density at radius 1 is 1.21 bits per heavy atom. The third-order valence-corrected chi connectivity index (χ3v) is 7.10. The summed E-state index contributed by atoms with van der Waals surface area (Å²) in [7, 11) is 1.87. The van der Waals surface area contributed by atoms with E-state index in [1.807, 2.05) is 36.8 Å². The van der Waals surface area contributed by atoms with E-state index >= 15 is 0 Å². The second kappa shape index (κ2) is 8.65. The molecule has 1 unspecified atom stereocenters. The van der Waals surface area contributed by atoms with E-state index in [2.05, 4.69) is 42.6 Å². The quantitative estimate of drug-likeness (QED) is 0.465. The first-order chi connectivity index (χ1) is 16.2. The predicted molar refractivity (Wildman–Crippen MR) is 137 cm³/mol. The molecule has 0 amide bonds. The van der Waals surface area contributed by atoms with Crippen LogP contribution in [0.5, 0.6) is 0 Å².